The average molecular weight is 290 g/mol. The maximum atomic E-state index is 12.4. The van der Waals surface area contributed by atoms with Gasteiger partial charge in [0.1, 0.15) is 10.7 Å². The van der Waals surface area contributed by atoms with Crippen LogP contribution in [0.25, 0.3) is 0 Å². The number of halogens is 1. The summed E-state index contributed by atoms with van der Waals surface area (Å²) in [7, 11) is 0. The number of nitrogens with two attached hydrogens (primary N) is 1. The third-order valence-electron chi connectivity index (χ3n) is 3.15. The first-order valence-electron chi connectivity index (χ1n) is 6.20. The van der Waals surface area contributed by atoms with Gasteiger partial charge in [-0.1, -0.05) is 41.9 Å². The van der Waals surface area contributed by atoms with Crippen molar-refractivity contribution in [2.24, 2.45) is 5.73 Å². The van der Waals surface area contributed by atoms with E-state index in [1.54, 1.807) is 26.0 Å². The highest BCUT2D eigenvalue weighted by Crippen LogP contribution is 2.22. The highest BCUT2D eigenvalue weighted by Gasteiger charge is 2.30. The summed E-state index contributed by atoms with van der Waals surface area (Å²) in [6, 6.07) is 12.6. The highest BCUT2D eigenvalue weighted by atomic mass is 35.5. The van der Waals surface area contributed by atoms with Crippen molar-refractivity contribution in [1.82, 2.24) is 4.98 Å². The zero-order valence-electron chi connectivity index (χ0n) is 11.4. The van der Waals surface area contributed by atoms with E-state index in [-0.39, 0.29) is 5.91 Å². The van der Waals surface area contributed by atoms with Crippen molar-refractivity contribution >= 4 is 23.2 Å². The summed E-state index contributed by atoms with van der Waals surface area (Å²) in [4.78, 5) is 16.5. The zero-order chi connectivity index (χ0) is 14.8. The van der Waals surface area contributed by atoms with Crippen LogP contribution in [0, 0.1) is 6.92 Å². The molecule has 20 heavy (non-hydrogen) atoms. The molecule has 1 heterocycles. The van der Waals surface area contributed by atoms with Crippen LogP contribution in [-0.4, -0.2) is 10.9 Å². The van der Waals surface area contributed by atoms with E-state index in [4.69, 9.17) is 17.3 Å². The van der Waals surface area contributed by atoms with Crippen LogP contribution < -0.4 is 11.1 Å². The van der Waals surface area contributed by atoms with Crippen molar-refractivity contribution in [3.63, 3.8) is 0 Å². The maximum Gasteiger partial charge on any atom is 0.248 e. The average Bonchev–Trinajstić information content (AvgIpc) is 2.42. The Morgan fingerprint density at radius 1 is 1.25 bits per heavy atom. The molecular weight excluding hydrogens is 274 g/mol. The van der Waals surface area contributed by atoms with Gasteiger partial charge >= 0.3 is 0 Å². The lowest BCUT2D eigenvalue weighted by atomic mass is 9.92. The minimum atomic E-state index is -1.12. The monoisotopic (exact) mass is 289 g/mol. The van der Waals surface area contributed by atoms with Crippen molar-refractivity contribution in [3.05, 3.63) is 58.9 Å². The van der Waals surface area contributed by atoms with Gasteiger partial charge in [-0.05, 0) is 31.5 Å². The van der Waals surface area contributed by atoms with Crippen molar-refractivity contribution in [1.29, 1.82) is 0 Å². The molecule has 3 N–H and O–H groups in total. The Morgan fingerprint density at radius 3 is 2.50 bits per heavy atom. The van der Waals surface area contributed by atoms with E-state index in [0.717, 1.165) is 5.56 Å². The molecule has 0 saturated carbocycles. The summed E-state index contributed by atoms with van der Waals surface area (Å²) in [5.41, 5.74) is 7.03. The summed E-state index contributed by atoms with van der Waals surface area (Å²) < 4.78 is 0. The van der Waals surface area contributed by atoms with Crippen LogP contribution in [0.3, 0.4) is 0 Å². The molecule has 0 fully saturated rings. The number of carbonyl (C=O) groups is 1. The van der Waals surface area contributed by atoms with Crippen LogP contribution in [0.1, 0.15) is 18.2 Å². The number of rotatable bonds is 3. The Morgan fingerprint density at radius 2 is 1.90 bits per heavy atom. The van der Waals surface area contributed by atoms with Gasteiger partial charge < -0.3 is 11.1 Å². The van der Waals surface area contributed by atoms with Gasteiger partial charge in [0, 0.05) is 0 Å². The molecule has 4 nitrogen and oxygen atoms in total. The molecule has 0 bridgehead atoms. The number of carbonyl (C=O) groups excluding carboxylic acids is 1. The number of aryl methyl sites for hydroxylation is 1. The number of benzene rings is 1. The van der Waals surface area contributed by atoms with Gasteiger partial charge in [0.2, 0.25) is 5.91 Å². The smallest absolute Gasteiger partial charge is 0.248 e. The van der Waals surface area contributed by atoms with Gasteiger partial charge in [0.15, 0.2) is 0 Å². The number of anilines is 1. The normalized spacial score (nSPS) is 13.6. The predicted octanol–water partition coefficient (Wildman–Crippen LogP) is 2.86. The third-order valence-corrected chi connectivity index (χ3v) is 3.36. The van der Waals surface area contributed by atoms with E-state index in [2.05, 4.69) is 10.3 Å². The van der Waals surface area contributed by atoms with Crippen LogP contribution in [0.2, 0.25) is 5.15 Å². The standard InChI is InChI=1S/C15H16ClN3O/c1-10-12(8-9-13(16)18-10)19-14(20)15(2,17)11-6-4-3-5-7-11/h3-9H,17H2,1-2H3,(H,19,20). The Kier molecular flexibility index (Phi) is 4.06. The van der Waals surface area contributed by atoms with Crippen molar-refractivity contribution in [3.8, 4) is 0 Å². The van der Waals surface area contributed by atoms with Crippen molar-refractivity contribution in [2.75, 3.05) is 5.32 Å². The molecule has 1 aromatic heterocycles. The van der Waals surface area contributed by atoms with Crippen LogP contribution in [0.15, 0.2) is 42.5 Å². The number of nitrogens with one attached hydrogen (secondary N) is 1. The van der Waals surface area contributed by atoms with Crippen LogP contribution in [-0.2, 0) is 10.3 Å². The molecule has 5 heteroatoms. The molecule has 1 amide bonds. The Bertz CT molecular complexity index is 626. The summed E-state index contributed by atoms with van der Waals surface area (Å²) in [5.74, 6) is -0.295. The lowest BCUT2D eigenvalue weighted by Gasteiger charge is -2.24. The Hall–Kier alpha value is -1.91. The zero-order valence-corrected chi connectivity index (χ0v) is 12.1. The molecule has 0 saturated heterocycles. The summed E-state index contributed by atoms with van der Waals surface area (Å²) in [6.07, 6.45) is 0. The fraction of sp³-hybridized carbons (Fsp3) is 0.200. The summed E-state index contributed by atoms with van der Waals surface area (Å²) in [5, 5.41) is 3.18. The predicted molar refractivity (Wildman–Crippen MR) is 80.6 cm³/mol. The van der Waals surface area contributed by atoms with E-state index in [1.165, 1.54) is 0 Å². The SMILES string of the molecule is Cc1nc(Cl)ccc1NC(=O)C(C)(N)c1ccccc1. The minimum Gasteiger partial charge on any atom is -0.323 e. The van der Waals surface area contributed by atoms with Crippen LogP contribution in [0.5, 0.6) is 0 Å². The second kappa shape index (κ2) is 5.61. The molecule has 0 radical (unpaired) electrons. The molecule has 0 aliphatic carbocycles. The van der Waals surface area contributed by atoms with Gasteiger partial charge in [-0.3, -0.25) is 4.79 Å². The van der Waals surface area contributed by atoms with Gasteiger partial charge in [0.25, 0.3) is 0 Å². The fourth-order valence-electron chi connectivity index (χ4n) is 1.83. The fourth-order valence-corrected chi connectivity index (χ4v) is 2.02. The van der Waals surface area contributed by atoms with E-state index in [1.807, 2.05) is 30.3 Å². The first kappa shape index (κ1) is 14.5. The largest absolute Gasteiger partial charge is 0.323 e. The first-order chi connectivity index (χ1) is 9.41. The van der Waals surface area contributed by atoms with E-state index in [0.29, 0.717) is 16.5 Å². The van der Waals surface area contributed by atoms with Gasteiger partial charge in [0.05, 0.1) is 11.4 Å². The second-order valence-corrected chi connectivity index (χ2v) is 5.18. The van der Waals surface area contributed by atoms with Crippen molar-refractivity contribution in [2.45, 2.75) is 19.4 Å². The molecule has 1 atom stereocenters. The molecule has 2 aromatic rings. The molecule has 1 aromatic carbocycles. The number of hydrogen-bond acceptors (Lipinski definition) is 3. The topological polar surface area (TPSA) is 68.0 Å². The summed E-state index contributed by atoms with van der Waals surface area (Å²) >= 11 is 5.79. The van der Waals surface area contributed by atoms with Crippen LogP contribution in [0.4, 0.5) is 5.69 Å². The molecule has 0 aliphatic rings. The number of aromatic nitrogens is 1. The third kappa shape index (κ3) is 2.98. The maximum absolute atomic E-state index is 12.4. The molecule has 2 rings (SSSR count). The van der Waals surface area contributed by atoms with E-state index < -0.39 is 5.54 Å². The van der Waals surface area contributed by atoms with Crippen molar-refractivity contribution < 1.29 is 4.79 Å². The molecule has 0 aliphatic heterocycles. The van der Waals surface area contributed by atoms with Crippen LogP contribution >= 0.6 is 11.6 Å². The Balaban J connectivity index is 2.23. The minimum absolute atomic E-state index is 0.295. The molecular formula is C15H16ClN3O. The number of hydrogen-bond donors (Lipinski definition) is 2. The molecule has 0 spiro atoms. The molecule has 104 valence electrons. The van der Waals surface area contributed by atoms with E-state index >= 15 is 0 Å². The highest BCUT2D eigenvalue weighted by molar-refractivity contribution is 6.29. The number of nitrogens with zero attached hydrogens (tertiary/aromatic N) is 1. The number of amides is 1. The van der Waals surface area contributed by atoms with Gasteiger partial charge in [-0.25, -0.2) is 4.98 Å². The lowest BCUT2D eigenvalue weighted by molar-refractivity contribution is -0.120. The van der Waals surface area contributed by atoms with Gasteiger partial charge in [-0.15, -0.1) is 0 Å². The van der Waals surface area contributed by atoms with Gasteiger partial charge in [-0.2, -0.15) is 0 Å². The Labute approximate surface area is 123 Å². The quantitative estimate of drug-likeness (QED) is 0.854. The second-order valence-electron chi connectivity index (χ2n) is 4.79. The lowest BCUT2D eigenvalue weighted by Crippen LogP contribution is -2.45. The first-order valence-corrected chi connectivity index (χ1v) is 6.58. The summed E-state index contributed by atoms with van der Waals surface area (Å²) in [6.45, 7) is 3.45. The molecule has 1 unspecified atom stereocenters. The number of pyridine rings is 1. The van der Waals surface area contributed by atoms with E-state index in [9.17, 15) is 4.79 Å².